The Kier molecular flexibility index (Phi) is 3.86. The van der Waals surface area contributed by atoms with E-state index in [2.05, 4.69) is 10.8 Å². The summed E-state index contributed by atoms with van der Waals surface area (Å²) in [5.74, 6) is 3.62. The van der Waals surface area contributed by atoms with Gasteiger partial charge in [0.05, 0.1) is 6.54 Å². The van der Waals surface area contributed by atoms with Crippen LogP contribution >= 0.6 is 0 Å². The van der Waals surface area contributed by atoms with Crippen molar-refractivity contribution in [2.24, 2.45) is 11.7 Å². The van der Waals surface area contributed by atoms with Crippen LogP contribution in [-0.4, -0.2) is 43.3 Å². The molecule has 1 saturated carbocycles. The van der Waals surface area contributed by atoms with Crippen molar-refractivity contribution in [1.29, 1.82) is 0 Å². The second-order valence-electron chi connectivity index (χ2n) is 5.29. The highest BCUT2D eigenvalue weighted by Crippen LogP contribution is 2.30. The van der Waals surface area contributed by atoms with E-state index < -0.39 is 0 Å². The van der Waals surface area contributed by atoms with Crippen LogP contribution in [0.25, 0.3) is 0 Å². The van der Waals surface area contributed by atoms with Gasteiger partial charge in [0, 0.05) is 31.8 Å². The minimum absolute atomic E-state index is 0.0794. The zero-order valence-electron chi connectivity index (χ0n) is 9.95. The molecule has 0 aromatic carbocycles. The molecule has 0 aromatic rings. The van der Waals surface area contributed by atoms with Crippen molar-refractivity contribution in [3.63, 3.8) is 0 Å². The summed E-state index contributed by atoms with van der Waals surface area (Å²) in [6.45, 7) is 4.38. The Bertz CT molecular complexity index is 262. The van der Waals surface area contributed by atoms with Crippen molar-refractivity contribution in [3.8, 4) is 12.3 Å². The minimum atomic E-state index is -0.0794. The van der Waals surface area contributed by atoms with Crippen molar-refractivity contribution in [2.75, 3.05) is 32.8 Å². The van der Waals surface area contributed by atoms with Crippen molar-refractivity contribution >= 4 is 0 Å². The van der Waals surface area contributed by atoms with Crippen LogP contribution in [0, 0.1) is 18.3 Å². The average Bonchev–Trinajstić information content (AvgIpc) is 3.02. The van der Waals surface area contributed by atoms with Crippen LogP contribution < -0.4 is 5.73 Å². The van der Waals surface area contributed by atoms with Gasteiger partial charge in [0.25, 0.3) is 0 Å². The van der Waals surface area contributed by atoms with Crippen molar-refractivity contribution in [1.82, 2.24) is 4.90 Å². The summed E-state index contributed by atoms with van der Waals surface area (Å²) in [6, 6.07) is 0. The molecule has 3 nitrogen and oxygen atoms in total. The largest absolute Gasteiger partial charge is 0.381 e. The van der Waals surface area contributed by atoms with Gasteiger partial charge in [-0.05, 0) is 31.6 Å². The van der Waals surface area contributed by atoms with E-state index in [1.807, 2.05) is 0 Å². The van der Waals surface area contributed by atoms with Crippen LogP contribution in [0.5, 0.6) is 0 Å². The number of hydrogen-bond acceptors (Lipinski definition) is 3. The molecule has 0 amide bonds. The molecule has 2 rings (SSSR count). The lowest BCUT2D eigenvalue weighted by Crippen LogP contribution is -2.53. The molecular formula is C13H22N2O. The molecule has 16 heavy (non-hydrogen) atoms. The van der Waals surface area contributed by atoms with Gasteiger partial charge in [-0.1, -0.05) is 5.92 Å². The third-order valence-corrected chi connectivity index (χ3v) is 3.56. The van der Waals surface area contributed by atoms with Gasteiger partial charge in [-0.2, -0.15) is 0 Å². The highest BCUT2D eigenvalue weighted by Gasteiger charge is 2.32. The molecule has 0 aromatic heterocycles. The number of rotatable bonds is 5. The lowest BCUT2D eigenvalue weighted by Gasteiger charge is -2.37. The monoisotopic (exact) mass is 222 g/mol. The van der Waals surface area contributed by atoms with Gasteiger partial charge in [-0.15, -0.1) is 6.42 Å². The fraction of sp³-hybridized carbons (Fsp3) is 0.846. The van der Waals surface area contributed by atoms with Crippen molar-refractivity contribution < 1.29 is 4.74 Å². The zero-order chi connectivity index (χ0) is 11.4. The Labute approximate surface area is 98.3 Å². The SMILES string of the molecule is C#CCN(CC1CC1)CC1(N)CCOCC1. The fourth-order valence-corrected chi connectivity index (χ4v) is 2.36. The topological polar surface area (TPSA) is 38.5 Å². The number of ether oxygens (including phenoxy) is 1. The fourth-order valence-electron chi connectivity index (χ4n) is 2.36. The summed E-state index contributed by atoms with van der Waals surface area (Å²) < 4.78 is 5.36. The predicted octanol–water partition coefficient (Wildman–Crippen LogP) is 0.839. The van der Waals surface area contributed by atoms with E-state index in [4.69, 9.17) is 16.9 Å². The molecule has 90 valence electrons. The number of hydrogen-bond donors (Lipinski definition) is 1. The minimum Gasteiger partial charge on any atom is -0.381 e. The Morgan fingerprint density at radius 1 is 1.38 bits per heavy atom. The summed E-state index contributed by atoms with van der Waals surface area (Å²) in [6.07, 6.45) is 10.1. The maximum Gasteiger partial charge on any atom is 0.0599 e. The average molecular weight is 222 g/mol. The maximum absolute atomic E-state index is 6.40. The van der Waals surface area contributed by atoms with E-state index in [0.717, 1.165) is 51.6 Å². The van der Waals surface area contributed by atoms with Gasteiger partial charge >= 0.3 is 0 Å². The van der Waals surface area contributed by atoms with Gasteiger partial charge in [0.1, 0.15) is 0 Å². The zero-order valence-corrected chi connectivity index (χ0v) is 9.95. The first-order valence-electron chi connectivity index (χ1n) is 6.24. The van der Waals surface area contributed by atoms with E-state index in [9.17, 15) is 0 Å². The summed E-state index contributed by atoms with van der Waals surface area (Å²) in [4.78, 5) is 2.35. The van der Waals surface area contributed by atoms with E-state index in [1.54, 1.807) is 0 Å². The molecule has 0 spiro atoms. The molecular weight excluding hydrogens is 200 g/mol. The smallest absolute Gasteiger partial charge is 0.0599 e. The third-order valence-electron chi connectivity index (χ3n) is 3.56. The van der Waals surface area contributed by atoms with E-state index in [0.29, 0.717) is 0 Å². The molecule has 1 aliphatic heterocycles. The predicted molar refractivity (Wildman–Crippen MR) is 65.0 cm³/mol. The molecule has 1 heterocycles. The van der Waals surface area contributed by atoms with Gasteiger partial charge in [-0.25, -0.2) is 0 Å². The molecule has 1 saturated heterocycles. The first kappa shape index (κ1) is 11.9. The molecule has 0 bridgehead atoms. The van der Waals surface area contributed by atoms with Crippen LogP contribution in [-0.2, 0) is 4.74 Å². The Morgan fingerprint density at radius 3 is 2.62 bits per heavy atom. The van der Waals surface area contributed by atoms with E-state index >= 15 is 0 Å². The molecule has 0 radical (unpaired) electrons. The van der Waals surface area contributed by atoms with Crippen molar-refractivity contribution in [2.45, 2.75) is 31.2 Å². The van der Waals surface area contributed by atoms with E-state index in [1.165, 1.54) is 12.8 Å². The van der Waals surface area contributed by atoms with Crippen LogP contribution in [0.3, 0.4) is 0 Å². The molecule has 3 heteroatoms. The van der Waals surface area contributed by atoms with E-state index in [-0.39, 0.29) is 5.54 Å². The summed E-state index contributed by atoms with van der Waals surface area (Å²) in [7, 11) is 0. The van der Waals surface area contributed by atoms with Gasteiger partial charge < -0.3 is 10.5 Å². The maximum atomic E-state index is 6.40. The van der Waals surface area contributed by atoms with Gasteiger partial charge in [0.15, 0.2) is 0 Å². The first-order valence-corrected chi connectivity index (χ1v) is 6.24. The van der Waals surface area contributed by atoms with Crippen LogP contribution in [0.4, 0.5) is 0 Å². The van der Waals surface area contributed by atoms with Gasteiger partial charge in [0.2, 0.25) is 0 Å². The first-order chi connectivity index (χ1) is 7.72. The van der Waals surface area contributed by atoms with Crippen LogP contribution in [0.2, 0.25) is 0 Å². The molecule has 0 atom stereocenters. The molecule has 2 aliphatic rings. The summed E-state index contributed by atoms with van der Waals surface area (Å²) in [5.41, 5.74) is 6.32. The lowest BCUT2D eigenvalue weighted by atomic mass is 9.90. The highest BCUT2D eigenvalue weighted by molar-refractivity contribution is 4.95. The van der Waals surface area contributed by atoms with Crippen LogP contribution in [0.15, 0.2) is 0 Å². The second kappa shape index (κ2) is 5.18. The summed E-state index contributed by atoms with van der Waals surface area (Å²) >= 11 is 0. The molecule has 2 N–H and O–H groups in total. The second-order valence-corrected chi connectivity index (χ2v) is 5.29. The standard InChI is InChI=1S/C13H22N2O/c1-2-7-15(10-12-3-4-12)11-13(14)5-8-16-9-6-13/h1,12H,3-11,14H2. The highest BCUT2D eigenvalue weighted by atomic mass is 16.5. The Morgan fingerprint density at radius 2 is 2.06 bits per heavy atom. The number of nitrogens with two attached hydrogens (primary N) is 1. The Hall–Kier alpha value is -0.560. The summed E-state index contributed by atoms with van der Waals surface area (Å²) in [5, 5.41) is 0. The lowest BCUT2D eigenvalue weighted by molar-refractivity contribution is 0.0389. The van der Waals surface area contributed by atoms with Gasteiger partial charge in [-0.3, -0.25) is 4.90 Å². The molecule has 1 aliphatic carbocycles. The number of nitrogens with zero attached hydrogens (tertiary/aromatic N) is 1. The molecule has 0 unspecified atom stereocenters. The molecule has 2 fully saturated rings. The third kappa shape index (κ3) is 3.48. The Balaban J connectivity index is 1.84. The number of terminal acetylenes is 1. The van der Waals surface area contributed by atoms with Crippen molar-refractivity contribution in [3.05, 3.63) is 0 Å². The quantitative estimate of drug-likeness (QED) is 0.701. The normalized spacial score (nSPS) is 24.3. The van der Waals surface area contributed by atoms with Crippen LogP contribution in [0.1, 0.15) is 25.7 Å².